The van der Waals surface area contributed by atoms with Gasteiger partial charge in [0.25, 0.3) is 5.71 Å². The van der Waals surface area contributed by atoms with Crippen LogP contribution in [0.25, 0.3) is 11.1 Å². The minimum Gasteiger partial charge on any atom is -0.336 e. The fraction of sp³-hybridized carbons (Fsp3) is 0.333. The molecule has 0 spiro atoms. The van der Waals surface area contributed by atoms with Crippen LogP contribution in [0.2, 0.25) is 0 Å². The monoisotopic (exact) mass is 355 g/mol. The fourth-order valence-electron chi connectivity index (χ4n) is 4.05. The zero-order valence-electron chi connectivity index (χ0n) is 13.6. The summed E-state index contributed by atoms with van der Waals surface area (Å²) in [6.45, 7) is 1.77. The van der Waals surface area contributed by atoms with Gasteiger partial charge in [-0.2, -0.15) is 0 Å². The zero-order valence-corrected chi connectivity index (χ0v) is 14.5. The lowest BCUT2D eigenvalue weighted by Crippen LogP contribution is -2.27. The lowest BCUT2D eigenvalue weighted by atomic mass is 9.92. The van der Waals surface area contributed by atoms with Gasteiger partial charge in [0.2, 0.25) is 10.0 Å². The molecule has 2 aromatic heterocycles. The average molecular weight is 355 g/mol. The molecule has 0 bridgehead atoms. The van der Waals surface area contributed by atoms with Gasteiger partial charge in [0.15, 0.2) is 0 Å². The summed E-state index contributed by atoms with van der Waals surface area (Å²) in [6, 6.07) is 9.88. The molecule has 2 aliphatic rings. The Hall–Kier alpha value is -2.25. The van der Waals surface area contributed by atoms with Gasteiger partial charge >= 0.3 is 0 Å². The van der Waals surface area contributed by atoms with E-state index in [4.69, 9.17) is 4.52 Å². The molecule has 25 heavy (non-hydrogen) atoms. The highest BCUT2D eigenvalue weighted by Crippen LogP contribution is 2.54. The van der Waals surface area contributed by atoms with E-state index in [1.807, 2.05) is 12.1 Å². The van der Waals surface area contributed by atoms with Crippen LogP contribution in [0.1, 0.15) is 29.2 Å². The number of nitrogens with zero attached hydrogens (tertiary/aromatic N) is 2. The minimum atomic E-state index is -3.63. The first-order chi connectivity index (χ1) is 12.0. The van der Waals surface area contributed by atoms with E-state index in [0.29, 0.717) is 22.7 Å². The van der Waals surface area contributed by atoms with Gasteiger partial charge in [-0.15, -0.1) is 0 Å². The predicted octanol–water partition coefficient (Wildman–Crippen LogP) is 2.54. The molecule has 0 aliphatic heterocycles. The predicted molar refractivity (Wildman–Crippen MR) is 91.6 cm³/mol. The average Bonchev–Trinajstić information content (AvgIpc) is 3.18. The van der Waals surface area contributed by atoms with E-state index in [2.05, 4.69) is 27.0 Å². The Kier molecular flexibility index (Phi) is 3.08. The number of nitrogens with one attached hydrogen (secondary N) is 1. The van der Waals surface area contributed by atoms with Crippen molar-refractivity contribution in [3.05, 3.63) is 53.3 Å². The third-order valence-corrected chi connectivity index (χ3v) is 6.84. The van der Waals surface area contributed by atoms with Gasteiger partial charge in [0.1, 0.15) is 4.90 Å². The molecule has 128 valence electrons. The summed E-state index contributed by atoms with van der Waals surface area (Å²) in [5.41, 5.74) is 3.61. The van der Waals surface area contributed by atoms with Crippen LogP contribution in [0.4, 0.5) is 0 Å². The van der Waals surface area contributed by atoms with E-state index in [9.17, 15) is 8.42 Å². The Balaban J connectivity index is 1.45. The molecular formula is C18H17N3O3S. The number of aromatic nitrogens is 2. The molecule has 6 nitrogen and oxygen atoms in total. The second-order valence-electron chi connectivity index (χ2n) is 6.87. The second kappa shape index (κ2) is 5.12. The van der Waals surface area contributed by atoms with Gasteiger partial charge in [-0.25, -0.2) is 18.1 Å². The summed E-state index contributed by atoms with van der Waals surface area (Å²) in [5.74, 6) is 0.674. The zero-order chi connectivity index (χ0) is 17.2. The summed E-state index contributed by atoms with van der Waals surface area (Å²) < 4.78 is 33.6. The van der Waals surface area contributed by atoms with Crippen LogP contribution in [0.5, 0.6) is 0 Å². The first-order valence-electron chi connectivity index (χ1n) is 8.37. The third-order valence-electron chi connectivity index (χ3n) is 5.42. The highest BCUT2D eigenvalue weighted by molar-refractivity contribution is 7.89. The van der Waals surface area contributed by atoms with E-state index >= 15 is 0 Å². The van der Waals surface area contributed by atoms with E-state index in [1.54, 1.807) is 13.0 Å². The van der Waals surface area contributed by atoms with E-state index in [1.165, 1.54) is 17.3 Å². The molecule has 7 heteroatoms. The molecule has 5 rings (SSSR count). The Morgan fingerprint density at radius 1 is 1.28 bits per heavy atom. The van der Waals surface area contributed by atoms with Crippen molar-refractivity contribution in [3.63, 3.8) is 0 Å². The minimum absolute atomic E-state index is 0.0343. The Morgan fingerprint density at radius 3 is 3.00 bits per heavy atom. The lowest BCUT2D eigenvalue weighted by molar-refractivity contribution is 0.442. The Morgan fingerprint density at radius 2 is 2.12 bits per heavy atom. The third kappa shape index (κ3) is 2.30. The number of hydrogen-bond donors (Lipinski definition) is 1. The first-order valence-corrected chi connectivity index (χ1v) is 9.85. The van der Waals surface area contributed by atoms with Crippen LogP contribution in [0.15, 0.2) is 45.9 Å². The summed E-state index contributed by atoms with van der Waals surface area (Å²) in [6.07, 6.45) is 3.37. The maximum absolute atomic E-state index is 12.8. The van der Waals surface area contributed by atoms with Crippen molar-refractivity contribution in [1.82, 2.24) is 14.9 Å². The van der Waals surface area contributed by atoms with Crippen molar-refractivity contribution in [3.8, 4) is 0 Å². The van der Waals surface area contributed by atoms with Gasteiger partial charge < -0.3 is 4.52 Å². The standard InChI is InChI=1S/C18H17N3O3S/c1-10-15-8-12(9-19-18(15)24-20-10)25(22,23)21-17-14-7-6-11-4-2-3-5-13(11)16(14)17/h2-5,8-9,14,16-17,21H,6-7H2,1H3. The van der Waals surface area contributed by atoms with Crippen molar-refractivity contribution < 1.29 is 12.9 Å². The highest BCUT2D eigenvalue weighted by Gasteiger charge is 2.54. The molecule has 3 aromatic rings. The molecule has 2 heterocycles. The van der Waals surface area contributed by atoms with Crippen LogP contribution in [-0.2, 0) is 16.4 Å². The molecule has 1 N–H and O–H groups in total. The number of sulfonamides is 1. The van der Waals surface area contributed by atoms with E-state index < -0.39 is 10.0 Å². The van der Waals surface area contributed by atoms with E-state index in [-0.39, 0.29) is 16.9 Å². The lowest BCUT2D eigenvalue weighted by Gasteiger charge is -2.13. The topological polar surface area (TPSA) is 85.1 Å². The van der Waals surface area contributed by atoms with Gasteiger partial charge in [0, 0.05) is 12.0 Å². The summed E-state index contributed by atoms with van der Waals surface area (Å²) >= 11 is 0. The number of fused-ring (bicyclic) bond motifs is 4. The number of pyridine rings is 1. The van der Waals surface area contributed by atoms with Crippen molar-refractivity contribution in [1.29, 1.82) is 0 Å². The van der Waals surface area contributed by atoms with Crippen LogP contribution in [-0.4, -0.2) is 24.6 Å². The molecule has 0 saturated heterocycles. The van der Waals surface area contributed by atoms with Crippen molar-refractivity contribution in [2.24, 2.45) is 5.92 Å². The smallest absolute Gasteiger partial charge is 0.257 e. The molecule has 3 atom stereocenters. The van der Waals surface area contributed by atoms with Gasteiger partial charge in [-0.3, -0.25) is 0 Å². The number of hydrogen-bond acceptors (Lipinski definition) is 5. The maximum Gasteiger partial charge on any atom is 0.257 e. The van der Waals surface area contributed by atoms with Crippen LogP contribution in [0, 0.1) is 12.8 Å². The normalized spacial score (nSPS) is 24.8. The Labute approximate surface area is 145 Å². The van der Waals surface area contributed by atoms with Gasteiger partial charge in [0.05, 0.1) is 17.3 Å². The van der Waals surface area contributed by atoms with Gasteiger partial charge in [-0.1, -0.05) is 29.4 Å². The summed E-state index contributed by atoms with van der Waals surface area (Å²) in [5, 5.41) is 4.45. The Bertz CT molecular complexity index is 1090. The molecule has 1 aromatic carbocycles. The van der Waals surface area contributed by atoms with Gasteiger partial charge in [-0.05, 0) is 42.9 Å². The maximum atomic E-state index is 12.8. The molecule has 3 unspecified atom stereocenters. The number of benzene rings is 1. The molecule has 0 amide bonds. The molecule has 2 aliphatic carbocycles. The second-order valence-corrected chi connectivity index (χ2v) is 8.58. The molecular weight excluding hydrogens is 338 g/mol. The van der Waals surface area contributed by atoms with Crippen LogP contribution >= 0.6 is 0 Å². The van der Waals surface area contributed by atoms with Crippen molar-refractivity contribution in [2.45, 2.75) is 36.6 Å². The van der Waals surface area contributed by atoms with Crippen molar-refractivity contribution in [2.75, 3.05) is 0 Å². The molecule has 1 saturated carbocycles. The van der Waals surface area contributed by atoms with Crippen LogP contribution < -0.4 is 4.72 Å². The van der Waals surface area contributed by atoms with Crippen LogP contribution in [0.3, 0.4) is 0 Å². The summed E-state index contributed by atoms with van der Waals surface area (Å²) in [4.78, 5) is 4.23. The quantitative estimate of drug-likeness (QED) is 0.780. The number of rotatable bonds is 3. The fourth-order valence-corrected chi connectivity index (χ4v) is 5.33. The largest absolute Gasteiger partial charge is 0.336 e. The summed E-state index contributed by atoms with van der Waals surface area (Å²) in [7, 11) is -3.63. The number of aryl methyl sites for hydroxylation is 2. The first kappa shape index (κ1) is 15.0. The highest BCUT2D eigenvalue weighted by atomic mass is 32.2. The molecule has 0 radical (unpaired) electrons. The molecule has 1 fully saturated rings. The van der Waals surface area contributed by atoms with E-state index in [0.717, 1.165) is 12.8 Å². The van der Waals surface area contributed by atoms with Crippen molar-refractivity contribution >= 4 is 21.1 Å². The SMILES string of the molecule is Cc1noc2ncc(S(=O)(=O)NC3C4CCc5ccccc5C43)cc12.